The van der Waals surface area contributed by atoms with E-state index in [0.717, 1.165) is 37.1 Å². The molecule has 0 fully saturated rings. The summed E-state index contributed by atoms with van der Waals surface area (Å²) in [6, 6.07) is 11.0. The zero-order valence-electron chi connectivity index (χ0n) is 12.2. The first-order chi connectivity index (χ1) is 10.7. The molecular formula is C16H20N2O4. The van der Waals surface area contributed by atoms with Gasteiger partial charge in [-0.3, -0.25) is 10.0 Å². The van der Waals surface area contributed by atoms with Gasteiger partial charge in [0.15, 0.2) is 5.76 Å². The van der Waals surface area contributed by atoms with Crippen LogP contribution < -0.4 is 10.8 Å². The van der Waals surface area contributed by atoms with E-state index in [1.54, 1.807) is 6.07 Å². The van der Waals surface area contributed by atoms with Gasteiger partial charge in [-0.1, -0.05) is 24.3 Å². The van der Waals surface area contributed by atoms with E-state index < -0.39 is 5.91 Å². The standard InChI is InChI=1S/C16H20N2O4/c19-10-2-1-9-17-11-12-3-5-13(6-4-12)14-7-8-15(22-14)16(20)18-21/h3-8,17,19,21H,1-2,9-11H2,(H,18,20). The average molecular weight is 304 g/mol. The number of hydrogen-bond acceptors (Lipinski definition) is 5. The van der Waals surface area contributed by atoms with Crippen molar-refractivity contribution in [2.24, 2.45) is 0 Å². The number of hydroxylamine groups is 1. The third kappa shape index (κ3) is 4.42. The second-order valence-electron chi connectivity index (χ2n) is 4.91. The molecule has 1 heterocycles. The molecule has 0 atom stereocenters. The molecule has 118 valence electrons. The molecule has 2 rings (SSSR count). The number of aliphatic hydroxyl groups is 1. The smallest absolute Gasteiger partial charge is 0.310 e. The fraction of sp³-hybridized carbons (Fsp3) is 0.312. The monoisotopic (exact) mass is 304 g/mol. The Morgan fingerprint density at radius 1 is 1.09 bits per heavy atom. The van der Waals surface area contributed by atoms with Gasteiger partial charge in [-0.15, -0.1) is 0 Å². The van der Waals surface area contributed by atoms with E-state index in [9.17, 15) is 4.79 Å². The Hall–Kier alpha value is -2.15. The summed E-state index contributed by atoms with van der Waals surface area (Å²) in [6.45, 7) is 1.87. The highest BCUT2D eigenvalue weighted by atomic mass is 16.5. The van der Waals surface area contributed by atoms with E-state index in [0.29, 0.717) is 5.76 Å². The minimum absolute atomic E-state index is 0.0622. The highest BCUT2D eigenvalue weighted by Crippen LogP contribution is 2.22. The predicted molar refractivity (Wildman–Crippen MR) is 81.4 cm³/mol. The number of rotatable bonds is 8. The molecule has 6 nitrogen and oxygen atoms in total. The van der Waals surface area contributed by atoms with Gasteiger partial charge in [-0.2, -0.15) is 0 Å². The quantitative estimate of drug-likeness (QED) is 0.339. The second kappa shape index (κ2) is 8.33. The average Bonchev–Trinajstić information content (AvgIpc) is 3.04. The van der Waals surface area contributed by atoms with Crippen molar-refractivity contribution >= 4 is 5.91 Å². The van der Waals surface area contributed by atoms with E-state index in [1.807, 2.05) is 24.3 Å². The molecular weight excluding hydrogens is 284 g/mol. The predicted octanol–water partition coefficient (Wildman–Crippen LogP) is 1.93. The van der Waals surface area contributed by atoms with Crippen LogP contribution in [0, 0.1) is 0 Å². The summed E-state index contributed by atoms with van der Waals surface area (Å²) in [5, 5.41) is 20.6. The van der Waals surface area contributed by atoms with Crippen LogP contribution in [-0.2, 0) is 6.54 Å². The summed E-state index contributed by atoms with van der Waals surface area (Å²) in [5.41, 5.74) is 3.54. The largest absolute Gasteiger partial charge is 0.451 e. The molecule has 0 saturated heterocycles. The maximum atomic E-state index is 11.2. The van der Waals surface area contributed by atoms with Gasteiger partial charge in [-0.05, 0) is 37.1 Å². The van der Waals surface area contributed by atoms with Crippen molar-refractivity contribution in [2.75, 3.05) is 13.2 Å². The Morgan fingerprint density at radius 3 is 2.55 bits per heavy atom. The van der Waals surface area contributed by atoms with Gasteiger partial charge in [0.05, 0.1) is 0 Å². The lowest BCUT2D eigenvalue weighted by atomic mass is 10.1. The van der Waals surface area contributed by atoms with E-state index in [2.05, 4.69) is 5.32 Å². The van der Waals surface area contributed by atoms with Crippen molar-refractivity contribution in [3.8, 4) is 11.3 Å². The van der Waals surface area contributed by atoms with Crippen LogP contribution in [0.15, 0.2) is 40.8 Å². The van der Waals surface area contributed by atoms with Gasteiger partial charge in [0, 0.05) is 18.7 Å². The summed E-state index contributed by atoms with van der Waals surface area (Å²) < 4.78 is 5.38. The molecule has 0 spiro atoms. The van der Waals surface area contributed by atoms with Gasteiger partial charge in [-0.25, -0.2) is 5.48 Å². The number of hydrogen-bond donors (Lipinski definition) is 4. The van der Waals surface area contributed by atoms with Crippen molar-refractivity contribution < 1.29 is 19.5 Å². The fourth-order valence-corrected chi connectivity index (χ4v) is 2.05. The van der Waals surface area contributed by atoms with Crippen LogP contribution in [0.3, 0.4) is 0 Å². The Bertz CT molecular complexity index is 592. The molecule has 2 aromatic rings. The molecule has 1 aromatic carbocycles. The van der Waals surface area contributed by atoms with Gasteiger partial charge < -0.3 is 14.8 Å². The molecule has 0 radical (unpaired) electrons. The van der Waals surface area contributed by atoms with Crippen LogP contribution in [0.25, 0.3) is 11.3 Å². The fourth-order valence-electron chi connectivity index (χ4n) is 2.05. The first-order valence-corrected chi connectivity index (χ1v) is 7.19. The number of aliphatic hydroxyl groups excluding tert-OH is 1. The molecule has 22 heavy (non-hydrogen) atoms. The van der Waals surface area contributed by atoms with Gasteiger partial charge in [0.1, 0.15) is 5.76 Å². The summed E-state index contributed by atoms with van der Waals surface area (Å²) in [4.78, 5) is 11.2. The number of amides is 1. The lowest BCUT2D eigenvalue weighted by Gasteiger charge is -2.05. The number of nitrogens with one attached hydrogen (secondary N) is 2. The molecule has 6 heteroatoms. The van der Waals surface area contributed by atoms with Crippen LogP contribution in [0.2, 0.25) is 0 Å². The summed E-state index contributed by atoms with van der Waals surface area (Å²) >= 11 is 0. The maximum Gasteiger partial charge on any atom is 0.310 e. The lowest BCUT2D eigenvalue weighted by Crippen LogP contribution is -2.17. The van der Waals surface area contributed by atoms with Crippen molar-refractivity contribution in [2.45, 2.75) is 19.4 Å². The highest BCUT2D eigenvalue weighted by Gasteiger charge is 2.11. The Labute approximate surface area is 128 Å². The summed E-state index contributed by atoms with van der Waals surface area (Å²) in [5.74, 6) is -0.0388. The van der Waals surface area contributed by atoms with Crippen LogP contribution in [-0.4, -0.2) is 29.4 Å². The maximum absolute atomic E-state index is 11.2. The van der Waals surface area contributed by atoms with E-state index in [1.165, 1.54) is 11.5 Å². The van der Waals surface area contributed by atoms with E-state index >= 15 is 0 Å². The van der Waals surface area contributed by atoms with Crippen molar-refractivity contribution in [3.63, 3.8) is 0 Å². The normalized spacial score (nSPS) is 10.6. The third-order valence-corrected chi connectivity index (χ3v) is 3.26. The van der Waals surface area contributed by atoms with Crippen molar-refractivity contribution in [3.05, 3.63) is 47.7 Å². The zero-order chi connectivity index (χ0) is 15.8. The van der Waals surface area contributed by atoms with Gasteiger partial charge in [0.2, 0.25) is 0 Å². The van der Waals surface area contributed by atoms with Gasteiger partial charge >= 0.3 is 5.91 Å². The number of carbonyl (C=O) groups excluding carboxylic acids is 1. The Morgan fingerprint density at radius 2 is 1.86 bits per heavy atom. The molecule has 0 aliphatic heterocycles. The highest BCUT2D eigenvalue weighted by molar-refractivity contribution is 5.91. The SMILES string of the molecule is O=C(NO)c1ccc(-c2ccc(CNCCCCO)cc2)o1. The zero-order valence-corrected chi connectivity index (χ0v) is 12.2. The third-order valence-electron chi connectivity index (χ3n) is 3.26. The molecule has 4 N–H and O–H groups in total. The summed E-state index contributed by atoms with van der Waals surface area (Å²) in [7, 11) is 0. The first-order valence-electron chi connectivity index (χ1n) is 7.19. The minimum Gasteiger partial charge on any atom is -0.451 e. The van der Waals surface area contributed by atoms with E-state index in [-0.39, 0.29) is 12.4 Å². The van der Waals surface area contributed by atoms with Crippen molar-refractivity contribution in [1.82, 2.24) is 10.8 Å². The Balaban J connectivity index is 1.91. The number of unbranched alkanes of at least 4 members (excludes halogenated alkanes) is 1. The van der Waals surface area contributed by atoms with Crippen LogP contribution in [0.1, 0.15) is 29.0 Å². The summed E-state index contributed by atoms with van der Waals surface area (Å²) in [6.07, 6.45) is 1.77. The molecule has 0 unspecified atom stereocenters. The number of furan rings is 1. The van der Waals surface area contributed by atoms with Crippen LogP contribution in [0.4, 0.5) is 0 Å². The molecule has 0 aliphatic carbocycles. The van der Waals surface area contributed by atoms with Crippen LogP contribution >= 0.6 is 0 Å². The number of carbonyl (C=O) groups is 1. The van der Waals surface area contributed by atoms with Crippen molar-refractivity contribution in [1.29, 1.82) is 0 Å². The Kier molecular flexibility index (Phi) is 6.14. The molecule has 1 aromatic heterocycles. The van der Waals surface area contributed by atoms with E-state index in [4.69, 9.17) is 14.7 Å². The minimum atomic E-state index is -0.671. The molecule has 1 amide bonds. The second-order valence-corrected chi connectivity index (χ2v) is 4.91. The lowest BCUT2D eigenvalue weighted by molar-refractivity contribution is 0.0677. The molecule has 0 bridgehead atoms. The molecule has 0 saturated carbocycles. The van der Waals surface area contributed by atoms with Gasteiger partial charge in [0.25, 0.3) is 0 Å². The van der Waals surface area contributed by atoms with Crippen LogP contribution in [0.5, 0.6) is 0 Å². The topological polar surface area (TPSA) is 94.7 Å². The molecule has 0 aliphatic rings. The first kappa shape index (κ1) is 16.2. The number of benzene rings is 1.